The monoisotopic (exact) mass is 512 g/mol. The van der Waals surface area contributed by atoms with E-state index >= 15 is 0 Å². The summed E-state index contributed by atoms with van der Waals surface area (Å²) in [6.07, 6.45) is 5.78. The van der Waals surface area contributed by atoms with E-state index in [1.54, 1.807) is 19.4 Å². The molecule has 0 bridgehead atoms. The van der Waals surface area contributed by atoms with Gasteiger partial charge in [-0.25, -0.2) is 9.97 Å². The summed E-state index contributed by atoms with van der Waals surface area (Å²) in [5.74, 6) is 0.963. The second-order valence-corrected chi connectivity index (χ2v) is 9.61. The summed E-state index contributed by atoms with van der Waals surface area (Å²) in [6.45, 7) is 10.6. The van der Waals surface area contributed by atoms with Crippen molar-refractivity contribution in [2.75, 3.05) is 32.1 Å². The topological polar surface area (TPSA) is 103 Å². The molecule has 1 heterocycles. The smallest absolute Gasteiger partial charge is 0.270 e. The van der Waals surface area contributed by atoms with Crippen molar-refractivity contribution in [2.45, 2.75) is 51.6 Å². The van der Waals surface area contributed by atoms with Crippen LogP contribution in [0.25, 0.3) is 22.2 Å². The van der Waals surface area contributed by atoms with E-state index in [0.717, 1.165) is 60.8 Å². The highest BCUT2D eigenvalue weighted by Crippen LogP contribution is 2.35. The number of nitriles is 1. The number of nitrogens with zero attached hydrogens (tertiary/aromatic N) is 4. The van der Waals surface area contributed by atoms with Gasteiger partial charge in [-0.15, -0.1) is 0 Å². The first-order valence-corrected chi connectivity index (χ1v) is 13.3. The molecule has 1 aliphatic carbocycles. The minimum absolute atomic E-state index is 0.164. The zero-order valence-electron chi connectivity index (χ0n) is 22.5. The summed E-state index contributed by atoms with van der Waals surface area (Å²) >= 11 is 0. The molecule has 1 aliphatic rings. The molecule has 1 amide bonds. The number of rotatable bonds is 10. The van der Waals surface area contributed by atoms with E-state index in [1.165, 1.54) is 0 Å². The Labute approximate surface area is 224 Å². The van der Waals surface area contributed by atoms with Gasteiger partial charge < -0.3 is 20.3 Å². The van der Waals surface area contributed by atoms with Gasteiger partial charge in [0.25, 0.3) is 5.91 Å². The molecular weight excluding hydrogens is 476 g/mol. The predicted molar refractivity (Wildman–Crippen MR) is 151 cm³/mol. The van der Waals surface area contributed by atoms with Crippen molar-refractivity contribution in [3.63, 3.8) is 0 Å². The Hall–Kier alpha value is -3.96. The lowest BCUT2D eigenvalue weighted by Crippen LogP contribution is -2.44. The normalized spacial score (nSPS) is 17.1. The first-order valence-electron chi connectivity index (χ1n) is 13.3. The summed E-state index contributed by atoms with van der Waals surface area (Å²) in [5.41, 5.74) is 2.32. The van der Waals surface area contributed by atoms with E-state index in [9.17, 15) is 4.79 Å². The zero-order valence-corrected chi connectivity index (χ0v) is 22.5. The number of carbonyl (C=O) groups excluding carboxylic acids is 1. The summed E-state index contributed by atoms with van der Waals surface area (Å²) in [6, 6.07) is 14.2. The van der Waals surface area contributed by atoms with E-state index in [2.05, 4.69) is 52.0 Å². The average molecular weight is 513 g/mol. The van der Waals surface area contributed by atoms with Crippen molar-refractivity contribution in [1.29, 1.82) is 5.26 Å². The van der Waals surface area contributed by atoms with Gasteiger partial charge in [-0.2, -0.15) is 5.26 Å². The van der Waals surface area contributed by atoms with E-state index in [-0.39, 0.29) is 11.9 Å². The molecule has 4 rings (SSSR count). The Bertz CT molecular complexity index is 1340. The number of methoxy groups -OCH3 is 1. The summed E-state index contributed by atoms with van der Waals surface area (Å²) in [5, 5.41) is 17.5. The number of amides is 1. The van der Waals surface area contributed by atoms with Gasteiger partial charge in [0.2, 0.25) is 0 Å². The van der Waals surface area contributed by atoms with Crippen LogP contribution in [0.2, 0.25) is 0 Å². The van der Waals surface area contributed by atoms with Crippen LogP contribution in [-0.4, -0.2) is 59.6 Å². The van der Waals surface area contributed by atoms with Gasteiger partial charge in [-0.3, -0.25) is 4.79 Å². The Morgan fingerprint density at radius 1 is 1.16 bits per heavy atom. The van der Waals surface area contributed by atoms with Gasteiger partial charge in [-0.1, -0.05) is 38.6 Å². The average Bonchev–Trinajstić information content (AvgIpc) is 2.96. The molecule has 8 heteroatoms. The molecule has 0 saturated heterocycles. The highest BCUT2D eigenvalue weighted by Gasteiger charge is 2.26. The predicted octanol–water partition coefficient (Wildman–Crippen LogP) is 5.18. The zero-order chi connectivity index (χ0) is 27.1. The minimum Gasteiger partial charge on any atom is -0.495 e. The quantitative estimate of drug-likeness (QED) is 0.361. The van der Waals surface area contributed by atoms with Gasteiger partial charge >= 0.3 is 0 Å². The molecule has 38 heavy (non-hydrogen) atoms. The second kappa shape index (κ2) is 12.5. The lowest BCUT2D eigenvalue weighted by Gasteiger charge is -2.36. The maximum absolute atomic E-state index is 13.1. The number of hydrogen-bond donors (Lipinski definition) is 2. The highest BCUT2D eigenvalue weighted by molar-refractivity contribution is 5.99. The Balaban J connectivity index is 1.53. The number of anilines is 1. The number of aromatic nitrogens is 2. The number of ether oxygens (including phenoxy) is 1. The molecule has 1 aromatic heterocycles. The second-order valence-electron chi connectivity index (χ2n) is 9.61. The maximum Gasteiger partial charge on any atom is 0.270 e. The van der Waals surface area contributed by atoms with Crippen LogP contribution in [0.1, 0.15) is 50.0 Å². The van der Waals surface area contributed by atoms with Crippen molar-refractivity contribution >= 4 is 22.4 Å². The van der Waals surface area contributed by atoms with Crippen molar-refractivity contribution in [3.05, 3.63) is 60.4 Å². The number of benzene rings is 2. The Morgan fingerprint density at radius 2 is 1.89 bits per heavy atom. The van der Waals surface area contributed by atoms with E-state index in [1.807, 2.05) is 30.3 Å². The molecule has 1 fully saturated rings. The summed E-state index contributed by atoms with van der Waals surface area (Å²) < 4.78 is 5.56. The van der Waals surface area contributed by atoms with Crippen molar-refractivity contribution in [3.8, 4) is 23.2 Å². The first kappa shape index (κ1) is 27.1. The molecule has 3 aromatic rings. The van der Waals surface area contributed by atoms with Gasteiger partial charge in [0.1, 0.15) is 11.4 Å². The largest absolute Gasteiger partial charge is 0.495 e. The van der Waals surface area contributed by atoms with Gasteiger partial charge in [0.15, 0.2) is 5.82 Å². The molecule has 0 unspecified atom stereocenters. The van der Waals surface area contributed by atoms with E-state index in [4.69, 9.17) is 10.00 Å². The molecule has 0 radical (unpaired) electrons. The molecule has 0 spiro atoms. The fraction of sp³-hybridized carbons (Fsp3) is 0.400. The lowest BCUT2D eigenvalue weighted by molar-refractivity contribution is 0.0901. The van der Waals surface area contributed by atoms with Gasteiger partial charge in [0.05, 0.1) is 18.9 Å². The fourth-order valence-corrected chi connectivity index (χ4v) is 5.23. The third-order valence-electron chi connectivity index (χ3n) is 7.35. The molecule has 1 saturated carbocycles. The van der Waals surface area contributed by atoms with Crippen molar-refractivity contribution in [1.82, 2.24) is 20.2 Å². The number of carbonyl (C=O) groups is 1. The molecular formula is C30H36N6O2. The van der Waals surface area contributed by atoms with Crippen LogP contribution in [0.15, 0.2) is 54.7 Å². The van der Waals surface area contributed by atoms with Crippen LogP contribution in [0.5, 0.6) is 5.75 Å². The fourth-order valence-electron chi connectivity index (χ4n) is 5.23. The number of fused-ring (bicyclic) bond motifs is 1. The van der Waals surface area contributed by atoms with Crippen LogP contribution < -0.4 is 15.4 Å². The Morgan fingerprint density at radius 3 is 2.58 bits per heavy atom. The van der Waals surface area contributed by atoms with Crippen LogP contribution in [0, 0.1) is 11.3 Å². The van der Waals surface area contributed by atoms with Gasteiger partial charge in [-0.05, 0) is 62.4 Å². The molecule has 0 aliphatic heterocycles. The minimum atomic E-state index is -0.167. The third kappa shape index (κ3) is 6.12. The summed E-state index contributed by atoms with van der Waals surface area (Å²) in [4.78, 5) is 24.6. The standard InChI is InChI=1S/C30H36N6O2/c1-5-36(6-2)24-12-10-23(11-13-24)34-30(37)26-15-16-32-29(35-26)22-8-7-21-9-14-27(38-4)28(25(21)17-22)33-19-20(3)18-31/h7-9,14-17,23-24,33H,3,5-6,10-13,19H2,1-2,4H3,(H,34,37)/t23-,24-. The molecule has 198 valence electrons. The van der Waals surface area contributed by atoms with Crippen LogP contribution in [0.4, 0.5) is 5.69 Å². The third-order valence-corrected chi connectivity index (χ3v) is 7.35. The van der Waals surface area contributed by atoms with Crippen molar-refractivity contribution in [2.24, 2.45) is 0 Å². The van der Waals surface area contributed by atoms with Gasteiger partial charge in [0, 0.05) is 41.3 Å². The molecule has 2 N–H and O–H groups in total. The first-order chi connectivity index (χ1) is 18.5. The van der Waals surface area contributed by atoms with Crippen LogP contribution >= 0.6 is 0 Å². The summed E-state index contributed by atoms with van der Waals surface area (Å²) in [7, 11) is 1.61. The van der Waals surface area contributed by atoms with Crippen molar-refractivity contribution < 1.29 is 9.53 Å². The number of hydrogen-bond acceptors (Lipinski definition) is 7. The maximum atomic E-state index is 13.1. The molecule has 0 atom stereocenters. The van der Waals surface area contributed by atoms with E-state index in [0.29, 0.717) is 35.4 Å². The van der Waals surface area contributed by atoms with Crippen LogP contribution in [0.3, 0.4) is 0 Å². The molecule has 2 aromatic carbocycles. The Kier molecular flexibility index (Phi) is 8.93. The van der Waals surface area contributed by atoms with Crippen LogP contribution in [-0.2, 0) is 0 Å². The highest BCUT2D eigenvalue weighted by atomic mass is 16.5. The molecule has 8 nitrogen and oxygen atoms in total. The number of nitrogens with one attached hydrogen (secondary N) is 2. The SMILES string of the molecule is C=C(C#N)CNc1c(OC)ccc2ccc(-c3nccc(C(=O)N[C@H]4CC[C@H](N(CC)CC)CC4)n3)cc12. The van der Waals surface area contributed by atoms with E-state index < -0.39 is 0 Å². The lowest BCUT2D eigenvalue weighted by atomic mass is 9.90.